The van der Waals surface area contributed by atoms with Gasteiger partial charge in [-0.05, 0) is 5.56 Å². The van der Waals surface area contributed by atoms with E-state index in [4.69, 9.17) is 5.73 Å². The summed E-state index contributed by atoms with van der Waals surface area (Å²) in [6.07, 6.45) is 0.444. The van der Waals surface area contributed by atoms with Gasteiger partial charge in [0.25, 0.3) is 0 Å². The Labute approximate surface area is 78.7 Å². The summed E-state index contributed by atoms with van der Waals surface area (Å²) in [5, 5.41) is 0. The van der Waals surface area contributed by atoms with E-state index in [1.807, 2.05) is 30.3 Å². The van der Waals surface area contributed by atoms with E-state index in [1.54, 1.807) is 6.92 Å². The van der Waals surface area contributed by atoms with Crippen molar-refractivity contribution in [2.45, 2.75) is 19.9 Å². The first-order valence-electron chi connectivity index (χ1n) is 4.23. The first kappa shape index (κ1) is 11.6. The molecule has 0 heterocycles. The molecule has 0 unspecified atom stereocenters. The zero-order valence-electron chi connectivity index (χ0n) is 7.86. The summed E-state index contributed by atoms with van der Waals surface area (Å²) in [4.78, 5) is 9.59. The predicted octanol–water partition coefficient (Wildman–Crippen LogP) is 1.03. The normalized spacial score (nSPS) is 8.46. The molecule has 72 valence electrons. The Hall–Kier alpha value is -1.35. The minimum absolute atomic E-state index is 0.245. The van der Waals surface area contributed by atoms with Crippen LogP contribution in [0.4, 0.5) is 0 Å². The van der Waals surface area contributed by atoms with Crippen molar-refractivity contribution in [1.82, 2.24) is 0 Å². The second-order valence-electron chi connectivity index (χ2n) is 2.51. The van der Waals surface area contributed by atoms with E-state index in [-0.39, 0.29) is 5.91 Å². The van der Waals surface area contributed by atoms with Gasteiger partial charge < -0.3 is 11.5 Å². The van der Waals surface area contributed by atoms with E-state index >= 15 is 0 Å². The molecule has 0 aliphatic carbocycles. The second kappa shape index (κ2) is 7.31. The van der Waals surface area contributed by atoms with Crippen LogP contribution in [-0.2, 0) is 11.3 Å². The minimum Gasteiger partial charge on any atom is -0.370 e. The van der Waals surface area contributed by atoms with Crippen molar-refractivity contribution in [2.75, 3.05) is 0 Å². The molecule has 3 nitrogen and oxygen atoms in total. The van der Waals surface area contributed by atoms with Crippen molar-refractivity contribution in [3.8, 4) is 0 Å². The lowest BCUT2D eigenvalue weighted by molar-refractivity contribution is -0.117. The van der Waals surface area contributed by atoms with Crippen LogP contribution >= 0.6 is 0 Å². The largest absolute Gasteiger partial charge is 0.370 e. The second-order valence-corrected chi connectivity index (χ2v) is 2.51. The molecule has 0 aliphatic heterocycles. The van der Waals surface area contributed by atoms with Gasteiger partial charge in [0, 0.05) is 13.0 Å². The van der Waals surface area contributed by atoms with Crippen LogP contribution in [0, 0.1) is 0 Å². The molecule has 0 fully saturated rings. The number of nitrogens with two attached hydrogens (primary N) is 2. The third-order valence-corrected chi connectivity index (χ3v) is 1.43. The zero-order valence-corrected chi connectivity index (χ0v) is 7.86. The van der Waals surface area contributed by atoms with E-state index in [0.29, 0.717) is 13.0 Å². The monoisotopic (exact) mass is 180 g/mol. The molecular weight excluding hydrogens is 164 g/mol. The molecule has 0 radical (unpaired) electrons. The van der Waals surface area contributed by atoms with Crippen molar-refractivity contribution >= 4 is 5.91 Å². The smallest absolute Gasteiger partial charge is 0.217 e. The van der Waals surface area contributed by atoms with Gasteiger partial charge in [-0.25, -0.2) is 0 Å². The highest BCUT2D eigenvalue weighted by atomic mass is 16.1. The summed E-state index contributed by atoms with van der Waals surface area (Å²) in [6.45, 7) is 2.36. The number of benzene rings is 1. The number of amides is 1. The summed E-state index contributed by atoms with van der Waals surface area (Å²) < 4.78 is 0. The molecule has 0 saturated heterocycles. The van der Waals surface area contributed by atoms with Crippen LogP contribution < -0.4 is 11.5 Å². The Morgan fingerprint density at radius 2 is 1.77 bits per heavy atom. The fraction of sp³-hybridized carbons (Fsp3) is 0.300. The number of rotatable bonds is 2. The maximum Gasteiger partial charge on any atom is 0.217 e. The molecule has 0 bridgehead atoms. The highest BCUT2D eigenvalue weighted by molar-refractivity contribution is 5.73. The van der Waals surface area contributed by atoms with E-state index in [9.17, 15) is 4.79 Å². The molecule has 1 rings (SSSR count). The van der Waals surface area contributed by atoms with Crippen LogP contribution in [0.3, 0.4) is 0 Å². The average Bonchev–Trinajstić information content (AvgIpc) is 2.20. The van der Waals surface area contributed by atoms with Crippen LogP contribution in [0.5, 0.6) is 0 Å². The third-order valence-electron chi connectivity index (χ3n) is 1.43. The van der Waals surface area contributed by atoms with Crippen molar-refractivity contribution in [2.24, 2.45) is 11.5 Å². The van der Waals surface area contributed by atoms with Crippen LogP contribution in [0.1, 0.15) is 18.9 Å². The molecule has 0 aromatic heterocycles. The molecule has 0 saturated carbocycles. The Morgan fingerprint density at radius 3 is 2.00 bits per heavy atom. The Morgan fingerprint density at radius 1 is 1.31 bits per heavy atom. The first-order valence-corrected chi connectivity index (χ1v) is 4.23. The third kappa shape index (κ3) is 7.03. The van der Waals surface area contributed by atoms with Crippen LogP contribution in [0.2, 0.25) is 0 Å². The molecule has 4 N–H and O–H groups in total. The maximum atomic E-state index is 9.59. The fourth-order valence-corrected chi connectivity index (χ4v) is 0.614. The summed E-state index contributed by atoms with van der Waals surface area (Å²) in [7, 11) is 0. The quantitative estimate of drug-likeness (QED) is 0.713. The standard InChI is InChI=1S/C7H9N.C3H7NO/c8-6-7-4-2-1-3-5-7;1-2-3(4)5/h1-5H,6,8H2;2H2,1H3,(H2,4,5). The molecule has 0 spiro atoms. The van der Waals surface area contributed by atoms with Gasteiger partial charge in [-0.15, -0.1) is 0 Å². The van der Waals surface area contributed by atoms with Gasteiger partial charge in [0.1, 0.15) is 0 Å². The molecule has 3 heteroatoms. The number of carbonyl (C=O) groups is 1. The van der Waals surface area contributed by atoms with E-state index in [1.165, 1.54) is 5.56 Å². The number of hydrogen-bond donors (Lipinski definition) is 2. The lowest BCUT2D eigenvalue weighted by Gasteiger charge is -1.90. The highest BCUT2D eigenvalue weighted by Crippen LogP contribution is 1.94. The molecule has 1 amide bonds. The SMILES string of the molecule is CCC(N)=O.NCc1ccccc1. The van der Waals surface area contributed by atoms with Gasteiger partial charge in [-0.2, -0.15) is 0 Å². The van der Waals surface area contributed by atoms with Gasteiger partial charge in [0.15, 0.2) is 0 Å². The molecule has 0 aliphatic rings. The Balaban J connectivity index is 0.000000252. The lowest BCUT2D eigenvalue weighted by Crippen LogP contribution is -2.06. The van der Waals surface area contributed by atoms with Crippen LogP contribution in [-0.4, -0.2) is 5.91 Å². The average molecular weight is 180 g/mol. The predicted molar refractivity (Wildman–Crippen MR) is 53.8 cm³/mol. The minimum atomic E-state index is -0.245. The van der Waals surface area contributed by atoms with E-state index in [2.05, 4.69) is 5.73 Å². The molecule has 13 heavy (non-hydrogen) atoms. The summed E-state index contributed by atoms with van der Waals surface area (Å²) in [5.74, 6) is -0.245. The van der Waals surface area contributed by atoms with E-state index in [0.717, 1.165) is 0 Å². The molecular formula is C10H16N2O. The van der Waals surface area contributed by atoms with Crippen molar-refractivity contribution in [3.05, 3.63) is 35.9 Å². The first-order chi connectivity index (χ1) is 6.20. The number of carbonyl (C=O) groups excluding carboxylic acids is 1. The topological polar surface area (TPSA) is 69.1 Å². The maximum absolute atomic E-state index is 9.59. The molecule has 1 aromatic carbocycles. The van der Waals surface area contributed by atoms with Gasteiger partial charge in [-0.3, -0.25) is 4.79 Å². The van der Waals surface area contributed by atoms with Crippen LogP contribution in [0.15, 0.2) is 30.3 Å². The highest BCUT2D eigenvalue weighted by Gasteiger charge is 1.80. The molecule has 0 atom stereocenters. The van der Waals surface area contributed by atoms with Gasteiger partial charge >= 0.3 is 0 Å². The van der Waals surface area contributed by atoms with Crippen molar-refractivity contribution in [3.63, 3.8) is 0 Å². The molecule has 1 aromatic rings. The van der Waals surface area contributed by atoms with E-state index < -0.39 is 0 Å². The summed E-state index contributed by atoms with van der Waals surface area (Å²) >= 11 is 0. The van der Waals surface area contributed by atoms with Gasteiger partial charge in [-0.1, -0.05) is 37.3 Å². The lowest BCUT2D eigenvalue weighted by atomic mass is 10.2. The summed E-state index contributed by atoms with van der Waals surface area (Å²) in [6, 6.07) is 9.99. The zero-order chi connectivity index (χ0) is 10.1. The fourth-order valence-electron chi connectivity index (χ4n) is 0.614. The Bertz CT molecular complexity index is 234. The van der Waals surface area contributed by atoms with Crippen molar-refractivity contribution in [1.29, 1.82) is 0 Å². The number of hydrogen-bond acceptors (Lipinski definition) is 2. The van der Waals surface area contributed by atoms with Gasteiger partial charge in [0.05, 0.1) is 0 Å². The number of primary amides is 1. The Kier molecular flexibility index (Phi) is 6.55. The summed E-state index contributed by atoms with van der Waals surface area (Å²) in [5.41, 5.74) is 11.2. The van der Waals surface area contributed by atoms with Crippen molar-refractivity contribution < 1.29 is 4.79 Å². The van der Waals surface area contributed by atoms with Crippen LogP contribution in [0.25, 0.3) is 0 Å². The van der Waals surface area contributed by atoms with Gasteiger partial charge in [0.2, 0.25) is 5.91 Å².